The fraction of sp³-hybridized carbons (Fsp3) is 0.150. The normalized spacial score (nSPS) is 9.96. The van der Waals surface area contributed by atoms with E-state index in [0.29, 0.717) is 16.9 Å². The number of esters is 1. The van der Waals surface area contributed by atoms with E-state index in [2.05, 4.69) is 11.9 Å². The molecule has 0 aliphatic carbocycles. The number of ether oxygens (including phenoxy) is 2. The van der Waals surface area contributed by atoms with Crippen LogP contribution >= 0.6 is 0 Å². The third-order valence-corrected chi connectivity index (χ3v) is 3.46. The van der Waals surface area contributed by atoms with Crippen LogP contribution in [-0.2, 0) is 9.53 Å². The molecule has 0 radical (unpaired) electrons. The SMILES string of the molecule is C=C(C)C(=O)OCCOc1ccc(C(=O)Nc2ccccc2C(=O)O)cc1. The summed E-state index contributed by atoms with van der Waals surface area (Å²) in [6, 6.07) is 12.4. The summed E-state index contributed by atoms with van der Waals surface area (Å²) >= 11 is 0. The minimum absolute atomic E-state index is 0.00936. The maximum absolute atomic E-state index is 12.3. The number of carbonyl (C=O) groups is 3. The van der Waals surface area contributed by atoms with E-state index in [1.54, 1.807) is 43.3 Å². The lowest BCUT2D eigenvalue weighted by molar-refractivity contribution is -0.139. The number of hydrogen-bond acceptors (Lipinski definition) is 5. The number of carboxylic acids is 1. The Morgan fingerprint density at radius 1 is 1.04 bits per heavy atom. The number of nitrogens with one attached hydrogen (secondary N) is 1. The molecule has 0 aliphatic heterocycles. The third-order valence-electron chi connectivity index (χ3n) is 3.46. The highest BCUT2D eigenvalue weighted by Crippen LogP contribution is 2.17. The van der Waals surface area contributed by atoms with Crippen LogP contribution in [-0.4, -0.2) is 36.2 Å². The molecule has 7 heteroatoms. The molecular weight excluding hydrogens is 350 g/mol. The zero-order valence-corrected chi connectivity index (χ0v) is 14.7. The first-order valence-electron chi connectivity index (χ1n) is 8.07. The van der Waals surface area contributed by atoms with E-state index in [-0.39, 0.29) is 24.5 Å². The lowest BCUT2D eigenvalue weighted by Gasteiger charge is -2.10. The van der Waals surface area contributed by atoms with Gasteiger partial charge in [-0.15, -0.1) is 0 Å². The van der Waals surface area contributed by atoms with Crippen molar-refractivity contribution in [3.05, 3.63) is 71.8 Å². The number of aromatic carboxylic acids is 1. The Morgan fingerprint density at radius 2 is 1.70 bits per heavy atom. The van der Waals surface area contributed by atoms with Crippen LogP contribution in [0.1, 0.15) is 27.6 Å². The summed E-state index contributed by atoms with van der Waals surface area (Å²) in [5.41, 5.74) is 0.885. The largest absolute Gasteiger partial charge is 0.490 e. The maximum atomic E-state index is 12.3. The van der Waals surface area contributed by atoms with E-state index in [1.165, 1.54) is 12.1 Å². The minimum Gasteiger partial charge on any atom is -0.490 e. The van der Waals surface area contributed by atoms with E-state index in [1.807, 2.05) is 0 Å². The molecule has 140 valence electrons. The Morgan fingerprint density at radius 3 is 2.33 bits per heavy atom. The number of amides is 1. The molecule has 7 nitrogen and oxygen atoms in total. The second kappa shape index (κ2) is 9.19. The van der Waals surface area contributed by atoms with Gasteiger partial charge in [0.2, 0.25) is 0 Å². The van der Waals surface area contributed by atoms with Gasteiger partial charge in [-0.3, -0.25) is 4.79 Å². The van der Waals surface area contributed by atoms with Crippen LogP contribution in [0.25, 0.3) is 0 Å². The van der Waals surface area contributed by atoms with Gasteiger partial charge in [-0.05, 0) is 43.3 Å². The summed E-state index contributed by atoms with van der Waals surface area (Å²) in [7, 11) is 0. The topological polar surface area (TPSA) is 102 Å². The van der Waals surface area contributed by atoms with Gasteiger partial charge >= 0.3 is 11.9 Å². The Bertz CT molecular complexity index is 857. The van der Waals surface area contributed by atoms with Crippen LogP contribution in [0.4, 0.5) is 5.69 Å². The molecule has 0 saturated carbocycles. The molecular formula is C20H19NO6. The van der Waals surface area contributed by atoms with Crippen LogP contribution < -0.4 is 10.1 Å². The van der Waals surface area contributed by atoms with Crippen molar-refractivity contribution in [3.8, 4) is 5.75 Å². The van der Waals surface area contributed by atoms with E-state index >= 15 is 0 Å². The molecule has 0 spiro atoms. The molecule has 0 fully saturated rings. The monoisotopic (exact) mass is 369 g/mol. The van der Waals surface area contributed by atoms with Crippen molar-refractivity contribution in [1.29, 1.82) is 0 Å². The molecule has 0 aliphatic rings. The second-order valence-electron chi connectivity index (χ2n) is 5.59. The summed E-state index contributed by atoms with van der Waals surface area (Å²) in [5, 5.41) is 11.7. The van der Waals surface area contributed by atoms with Gasteiger partial charge in [-0.1, -0.05) is 18.7 Å². The highest BCUT2D eigenvalue weighted by molar-refractivity contribution is 6.07. The average molecular weight is 369 g/mol. The smallest absolute Gasteiger partial charge is 0.337 e. The van der Waals surface area contributed by atoms with Gasteiger partial charge in [0.05, 0.1) is 11.3 Å². The maximum Gasteiger partial charge on any atom is 0.337 e. The van der Waals surface area contributed by atoms with Crippen molar-refractivity contribution in [2.75, 3.05) is 18.5 Å². The van der Waals surface area contributed by atoms with Crippen molar-refractivity contribution in [1.82, 2.24) is 0 Å². The molecule has 2 aromatic carbocycles. The number of rotatable bonds is 8. The van der Waals surface area contributed by atoms with Crippen molar-refractivity contribution in [2.45, 2.75) is 6.92 Å². The Hall–Kier alpha value is -3.61. The zero-order valence-electron chi connectivity index (χ0n) is 14.7. The minimum atomic E-state index is -1.12. The van der Waals surface area contributed by atoms with Gasteiger partial charge in [0.1, 0.15) is 19.0 Å². The average Bonchev–Trinajstić information content (AvgIpc) is 2.65. The van der Waals surface area contributed by atoms with Crippen molar-refractivity contribution >= 4 is 23.5 Å². The first-order chi connectivity index (χ1) is 12.9. The molecule has 1 amide bonds. The van der Waals surface area contributed by atoms with Crippen molar-refractivity contribution in [3.63, 3.8) is 0 Å². The molecule has 0 saturated heterocycles. The second-order valence-corrected chi connectivity index (χ2v) is 5.59. The number of carboxylic acid groups (broad SMARTS) is 1. The third kappa shape index (κ3) is 5.71. The lowest BCUT2D eigenvalue weighted by Crippen LogP contribution is -2.15. The zero-order chi connectivity index (χ0) is 19.8. The Kier molecular flexibility index (Phi) is 6.71. The molecule has 0 atom stereocenters. The molecule has 0 heterocycles. The van der Waals surface area contributed by atoms with Crippen molar-refractivity contribution < 1.29 is 29.0 Å². The Labute approximate surface area is 156 Å². The number of carbonyl (C=O) groups excluding carboxylic acids is 2. The molecule has 2 aromatic rings. The van der Waals surface area contributed by atoms with E-state index in [4.69, 9.17) is 14.6 Å². The van der Waals surface area contributed by atoms with Crippen LogP contribution in [0, 0.1) is 0 Å². The van der Waals surface area contributed by atoms with Crippen molar-refractivity contribution in [2.24, 2.45) is 0 Å². The molecule has 0 unspecified atom stereocenters. The van der Waals surface area contributed by atoms with Gasteiger partial charge in [-0.25, -0.2) is 9.59 Å². The fourth-order valence-corrected chi connectivity index (χ4v) is 2.09. The number of hydrogen-bond donors (Lipinski definition) is 2. The highest BCUT2D eigenvalue weighted by Gasteiger charge is 2.13. The lowest BCUT2D eigenvalue weighted by atomic mass is 10.1. The number of anilines is 1. The molecule has 0 bridgehead atoms. The van der Waals surface area contributed by atoms with Crippen LogP contribution in [0.5, 0.6) is 5.75 Å². The van der Waals surface area contributed by atoms with Crippen LogP contribution in [0.2, 0.25) is 0 Å². The summed E-state index contributed by atoms with van der Waals surface area (Å²) < 4.78 is 10.3. The van der Waals surface area contributed by atoms with E-state index < -0.39 is 17.8 Å². The fourth-order valence-electron chi connectivity index (χ4n) is 2.09. The Balaban J connectivity index is 1.91. The molecule has 2 rings (SSSR count). The first kappa shape index (κ1) is 19.7. The molecule has 2 N–H and O–H groups in total. The summed E-state index contributed by atoms with van der Waals surface area (Å²) in [4.78, 5) is 34.7. The molecule has 0 aromatic heterocycles. The van der Waals surface area contributed by atoms with Gasteiger partial charge in [0.15, 0.2) is 0 Å². The molecule has 27 heavy (non-hydrogen) atoms. The quantitative estimate of drug-likeness (QED) is 0.421. The van der Waals surface area contributed by atoms with Gasteiger partial charge in [0.25, 0.3) is 5.91 Å². The highest BCUT2D eigenvalue weighted by atomic mass is 16.6. The van der Waals surface area contributed by atoms with Gasteiger partial charge < -0.3 is 19.9 Å². The van der Waals surface area contributed by atoms with Crippen LogP contribution in [0.3, 0.4) is 0 Å². The summed E-state index contributed by atoms with van der Waals surface area (Å²) in [5.74, 6) is -1.54. The number of benzene rings is 2. The van der Waals surface area contributed by atoms with E-state index in [9.17, 15) is 14.4 Å². The predicted molar refractivity (Wildman–Crippen MR) is 99.1 cm³/mol. The van der Waals surface area contributed by atoms with E-state index in [0.717, 1.165) is 0 Å². The summed E-state index contributed by atoms with van der Waals surface area (Å²) in [6.45, 7) is 5.28. The standard InChI is InChI=1S/C20H19NO6/c1-13(2)20(25)27-12-11-26-15-9-7-14(8-10-15)18(22)21-17-6-4-3-5-16(17)19(23)24/h3-10H,1,11-12H2,2H3,(H,21,22)(H,23,24). The summed E-state index contributed by atoms with van der Waals surface area (Å²) in [6.07, 6.45) is 0. The first-order valence-corrected chi connectivity index (χ1v) is 8.07. The van der Waals surface area contributed by atoms with Crippen LogP contribution in [0.15, 0.2) is 60.7 Å². The van der Waals surface area contributed by atoms with Gasteiger partial charge in [-0.2, -0.15) is 0 Å². The van der Waals surface area contributed by atoms with Gasteiger partial charge in [0, 0.05) is 11.1 Å². The number of para-hydroxylation sites is 1. The predicted octanol–water partition coefficient (Wildman–Crippen LogP) is 3.14.